The second kappa shape index (κ2) is 6.04. The molecule has 4 rings (SSSR count). The summed E-state index contributed by atoms with van der Waals surface area (Å²) in [5, 5.41) is 14.9. The summed E-state index contributed by atoms with van der Waals surface area (Å²) in [5.74, 6) is 0.614. The maximum atomic E-state index is 9.71. The maximum absolute atomic E-state index is 9.71. The molecule has 2 aromatic heterocycles. The molecule has 0 bridgehead atoms. The summed E-state index contributed by atoms with van der Waals surface area (Å²) >= 11 is 5.96. The second-order valence-electron chi connectivity index (χ2n) is 5.74. The SMILES string of the molecule is Cc1ccccc1-c1nc2c(C#N)c(-c3ccc(Cl)cc3)ccn2n1. The lowest BCUT2D eigenvalue weighted by atomic mass is 10.0. The Morgan fingerprint density at radius 3 is 2.48 bits per heavy atom. The minimum atomic E-state index is 0.497. The van der Waals surface area contributed by atoms with Gasteiger partial charge in [0.05, 0.1) is 0 Å². The van der Waals surface area contributed by atoms with E-state index in [0.717, 1.165) is 22.3 Å². The molecular weight excluding hydrogens is 332 g/mol. The van der Waals surface area contributed by atoms with E-state index in [1.165, 1.54) is 0 Å². The van der Waals surface area contributed by atoms with Crippen LogP contribution in [0.2, 0.25) is 5.02 Å². The zero-order valence-corrected chi connectivity index (χ0v) is 14.2. The molecule has 0 N–H and O–H groups in total. The topological polar surface area (TPSA) is 54.0 Å². The van der Waals surface area contributed by atoms with Gasteiger partial charge in [-0.1, -0.05) is 48.0 Å². The van der Waals surface area contributed by atoms with Gasteiger partial charge in [-0.3, -0.25) is 0 Å². The van der Waals surface area contributed by atoms with Crippen molar-refractivity contribution in [1.29, 1.82) is 5.26 Å². The summed E-state index contributed by atoms with van der Waals surface area (Å²) in [6.07, 6.45) is 1.83. The molecule has 25 heavy (non-hydrogen) atoms. The lowest BCUT2D eigenvalue weighted by Crippen LogP contribution is -1.93. The predicted molar refractivity (Wildman–Crippen MR) is 98.3 cm³/mol. The third kappa shape index (κ3) is 2.65. The molecule has 0 fully saturated rings. The van der Waals surface area contributed by atoms with Gasteiger partial charge in [0.25, 0.3) is 0 Å². The number of halogens is 1. The molecule has 0 unspecified atom stereocenters. The highest BCUT2D eigenvalue weighted by molar-refractivity contribution is 6.30. The van der Waals surface area contributed by atoms with Crippen LogP contribution in [0.3, 0.4) is 0 Å². The van der Waals surface area contributed by atoms with Gasteiger partial charge in [0, 0.05) is 22.3 Å². The van der Waals surface area contributed by atoms with Gasteiger partial charge in [0.2, 0.25) is 0 Å². The van der Waals surface area contributed by atoms with E-state index in [4.69, 9.17) is 11.6 Å². The molecule has 0 saturated heterocycles. The third-order valence-electron chi connectivity index (χ3n) is 4.16. The Balaban J connectivity index is 1.93. The summed E-state index contributed by atoms with van der Waals surface area (Å²) in [7, 11) is 0. The maximum Gasteiger partial charge on any atom is 0.182 e. The monoisotopic (exact) mass is 344 g/mol. The van der Waals surface area contributed by atoms with Crippen molar-refractivity contribution in [3.8, 4) is 28.6 Å². The third-order valence-corrected chi connectivity index (χ3v) is 4.41. The number of aryl methyl sites for hydroxylation is 1. The van der Waals surface area contributed by atoms with Crippen LogP contribution in [0.1, 0.15) is 11.1 Å². The minimum Gasteiger partial charge on any atom is -0.219 e. The van der Waals surface area contributed by atoms with Crippen molar-refractivity contribution in [3.05, 3.63) is 76.9 Å². The summed E-state index contributed by atoms with van der Waals surface area (Å²) in [6.45, 7) is 2.02. The van der Waals surface area contributed by atoms with Gasteiger partial charge >= 0.3 is 0 Å². The largest absolute Gasteiger partial charge is 0.219 e. The number of nitriles is 1. The van der Waals surface area contributed by atoms with Crippen LogP contribution in [-0.2, 0) is 0 Å². The molecule has 5 heteroatoms. The molecule has 0 radical (unpaired) electrons. The van der Waals surface area contributed by atoms with Gasteiger partial charge in [-0.25, -0.2) is 9.50 Å². The van der Waals surface area contributed by atoms with Crippen molar-refractivity contribution in [1.82, 2.24) is 14.6 Å². The van der Waals surface area contributed by atoms with Gasteiger partial charge in [-0.2, -0.15) is 5.26 Å². The Labute approximate surface area is 149 Å². The average molecular weight is 345 g/mol. The second-order valence-corrected chi connectivity index (χ2v) is 6.18. The van der Waals surface area contributed by atoms with Gasteiger partial charge in [0.1, 0.15) is 11.6 Å². The molecule has 0 aliphatic carbocycles. The van der Waals surface area contributed by atoms with Crippen LogP contribution in [0, 0.1) is 18.3 Å². The van der Waals surface area contributed by atoms with Crippen LogP contribution in [0.4, 0.5) is 0 Å². The minimum absolute atomic E-state index is 0.497. The number of fused-ring (bicyclic) bond motifs is 1. The molecule has 2 aromatic carbocycles. The molecular formula is C20H13ClN4. The normalized spacial score (nSPS) is 10.8. The number of aromatic nitrogens is 3. The van der Waals surface area contributed by atoms with Gasteiger partial charge in [-0.05, 0) is 36.2 Å². The first kappa shape index (κ1) is 15.4. The number of benzene rings is 2. The van der Waals surface area contributed by atoms with Gasteiger partial charge in [-0.15, -0.1) is 5.10 Å². The summed E-state index contributed by atoms with van der Waals surface area (Å²) < 4.78 is 1.65. The fourth-order valence-electron chi connectivity index (χ4n) is 2.86. The van der Waals surface area contributed by atoms with E-state index in [2.05, 4.69) is 16.2 Å². The Kier molecular flexibility index (Phi) is 3.72. The van der Waals surface area contributed by atoms with Crippen molar-refractivity contribution in [3.63, 3.8) is 0 Å². The Bertz CT molecular complexity index is 1120. The van der Waals surface area contributed by atoms with Crippen molar-refractivity contribution in [2.75, 3.05) is 0 Å². The number of hydrogen-bond donors (Lipinski definition) is 0. The van der Waals surface area contributed by atoms with E-state index in [-0.39, 0.29) is 0 Å². The predicted octanol–water partition coefficient (Wildman–Crippen LogP) is 4.90. The van der Waals surface area contributed by atoms with Crippen LogP contribution in [-0.4, -0.2) is 14.6 Å². The first-order valence-corrected chi connectivity index (χ1v) is 8.16. The zero-order valence-electron chi connectivity index (χ0n) is 13.4. The molecule has 0 saturated carbocycles. The Morgan fingerprint density at radius 1 is 1.00 bits per heavy atom. The molecule has 0 spiro atoms. The van der Waals surface area contributed by atoms with E-state index < -0.39 is 0 Å². The molecule has 4 aromatic rings. The van der Waals surface area contributed by atoms with Crippen molar-refractivity contribution in [2.45, 2.75) is 6.92 Å². The van der Waals surface area contributed by atoms with E-state index in [1.54, 1.807) is 4.52 Å². The summed E-state index contributed by atoms with van der Waals surface area (Å²) in [6, 6.07) is 19.5. The number of pyridine rings is 1. The molecule has 0 aliphatic rings. The molecule has 4 nitrogen and oxygen atoms in total. The summed E-state index contributed by atoms with van der Waals surface area (Å²) in [5.41, 5.74) is 4.84. The van der Waals surface area contributed by atoms with Gasteiger partial charge < -0.3 is 0 Å². The van der Waals surface area contributed by atoms with Crippen molar-refractivity contribution in [2.24, 2.45) is 0 Å². The van der Waals surface area contributed by atoms with Crippen LogP contribution in [0.5, 0.6) is 0 Å². The molecule has 2 heterocycles. The van der Waals surface area contributed by atoms with Crippen LogP contribution < -0.4 is 0 Å². The first-order valence-electron chi connectivity index (χ1n) is 7.79. The van der Waals surface area contributed by atoms with Crippen molar-refractivity contribution < 1.29 is 0 Å². The number of nitrogens with zero attached hydrogens (tertiary/aromatic N) is 4. The van der Waals surface area contributed by atoms with E-state index in [0.29, 0.717) is 22.1 Å². The zero-order chi connectivity index (χ0) is 17.4. The fraction of sp³-hybridized carbons (Fsp3) is 0.0500. The lowest BCUT2D eigenvalue weighted by molar-refractivity contribution is 0.963. The smallest absolute Gasteiger partial charge is 0.182 e. The number of hydrogen-bond acceptors (Lipinski definition) is 3. The van der Waals surface area contributed by atoms with Crippen molar-refractivity contribution >= 4 is 17.2 Å². The van der Waals surface area contributed by atoms with Gasteiger partial charge in [0.15, 0.2) is 11.5 Å². The standard InChI is InChI=1S/C20H13ClN4/c1-13-4-2-3-5-16(13)19-23-20-18(12-22)17(10-11-25(20)24-19)14-6-8-15(21)9-7-14/h2-11H,1H3. The molecule has 120 valence electrons. The Hall–Kier alpha value is -3.16. The molecule has 0 aliphatic heterocycles. The summed E-state index contributed by atoms with van der Waals surface area (Å²) in [4.78, 5) is 4.62. The van der Waals surface area contributed by atoms with Crippen LogP contribution in [0.25, 0.3) is 28.2 Å². The highest BCUT2D eigenvalue weighted by Gasteiger charge is 2.15. The highest BCUT2D eigenvalue weighted by atomic mass is 35.5. The lowest BCUT2D eigenvalue weighted by Gasteiger charge is -2.05. The average Bonchev–Trinajstić information content (AvgIpc) is 3.06. The van der Waals surface area contributed by atoms with Crippen LogP contribution in [0.15, 0.2) is 60.8 Å². The van der Waals surface area contributed by atoms with Crippen LogP contribution >= 0.6 is 11.6 Å². The van der Waals surface area contributed by atoms with E-state index in [9.17, 15) is 5.26 Å². The number of rotatable bonds is 2. The molecule has 0 atom stereocenters. The first-order chi connectivity index (χ1) is 12.2. The highest BCUT2D eigenvalue weighted by Crippen LogP contribution is 2.28. The molecule has 0 amide bonds. The Morgan fingerprint density at radius 2 is 1.76 bits per heavy atom. The van der Waals surface area contributed by atoms with E-state index in [1.807, 2.05) is 67.7 Å². The van der Waals surface area contributed by atoms with E-state index >= 15 is 0 Å². The quantitative estimate of drug-likeness (QED) is 0.520. The fourth-order valence-corrected chi connectivity index (χ4v) is 2.99.